The fourth-order valence-electron chi connectivity index (χ4n) is 3.42. The van der Waals surface area contributed by atoms with Crippen LogP contribution in [0.15, 0.2) is 76.5 Å². The zero-order valence-corrected chi connectivity index (χ0v) is 21.8. The average molecular weight is 497 g/mol. The Morgan fingerprint density at radius 1 is 0.800 bits per heavy atom. The normalized spacial score (nSPS) is 12.3. The number of carboxylic acids is 1. The van der Waals surface area contributed by atoms with Crippen LogP contribution in [0.2, 0.25) is 0 Å². The summed E-state index contributed by atoms with van der Waals surface area (Å²) >= 11 is 0. The minimum absolute atomic E-state index is 0.0237. The molecule has 0 saturated carbocycles. The second-order valence-corrected chi connectivity index (χ2v) is 12.0. The average Bonchev–Trinajstić information content (AvgIpc) is 2.78. The number of sulfone groups is 1. The molecule has 0 atom stereocenters. The van der Waals surface area contributed by atoms with E-state index in [0.29, 0.717) is 11.5 Å². The number of rotatable bonds is 8. The predicted octanol–water partition coefficient (Wildman–Crippen LogP) is 6.87. The third-order valence-electron chi connectivity index (χ3n) is 5.75. The van der Waals surface area contributed by atoms with Gasteiger partial charge in [-0.2, -0.15) is 0 Å². The third-order valence-corrected chi connectivity index (χ3v) is 7.54. The van der Waals surface area contributed by atoms with Gasteiger partial charge in [0, 0.05) is 6.07 Å². The quantitative estimate of drug-likeness (QED) is 0.366. The van der Waals surface area contributed by atoms with Crippen molar-refractivity contribution in [1.29, 1.82) is 0 Å². The Bertz CT molecular complexity index is 1300. The Balaban J connectivity index is 1.84. The second-order valence-electron chi connectivity index (χ2n) is 10.1. The van der Waals surface area contributed by atoms with Gasteiger partial charge >= 0.3 is 5.97 Å². The van der Waals surface area contributed by atoms with Crippen molar-refractivity contribution in [2.75, 3.05) is 0 Å². The molecule has 0 aliphatic carbocycles. The van der Waals surface area contributed by atoms with E-state index in [9.17, 15) is 18.3 Å². The minimum Gasteiger partial charge on any atom is -0.488 e. The number of carbonyl (C=O) groups is 1. The zero-order chi connectivity index (χ0) is 26.0. The van der Waals surface area contributed by atoms with E-state index in [-0.39, 0.29) is 26.5 Å². The van der Waals surface area contributed by atoms with Crippen LogP contribution in [0.4, 0.5) is 0 Å². The van der Waals surface area contributed by atoms with Gasteiger partial charge in [0.1, 0.15) is 22.8 Å². The highest BCUT2D eigenvalue weighted by Gasteiger charge is 2.22. The Morgan fingerprint density at radius 2 is 1.31 bits per heavy atom. The van der Waals surface area contributed by atoms with Gasteiger partial charge in [0.05, 0.1) is 15.4 Å². The summed E-state index contributed by atoms with van der Waals surface area (Å²) in [6, 6.07) is 17.5. The Labute approximate surface area is 207 Å². The molecular formula is C28H32O6S. The topological polar surface area (TPSA) is 89.9 Å². The number of benzene rings is 3. The molecule has 0 spiro atoms. The van der Waals surface area contributed by atoms with E-state index >= 15 is 0 Å². The summed E-state index contributed by atoms with van der Waals surface area (Å²) in [6.45, 7) is 11.9. The molecule has 0 heterocycles. The van der Waals surface area contributed by atoms with Crippen molar-refractivity contribution >= 4 is 15.8 Å². The number of aromatic carboxylic acids is 1. The number of ether oxygens (including phenoxy) is 2. The Morgan fingerprint density at radius 3 is 1.80 bits per heavy atom. The van der Waals surface area contributed by atoms with Crippen LogP contribution in [-0.4, -0.2) is 25.1 Å². The maximum absolute atomic E-state index is 13.1. The van der Waals surface area contributed by atoms with E-state index < -0.39 is 21.4 Å². The molecule has 6 nitrogen and oxygen atoms in total. The van der Waals surface area contributed by atoms with E-state index in [2.05, 4.69) is 20.8 Å². The van der Waals surface area contributed by atoms with Crippen LogP contribution in [0.3, 0.4) is 0 Å². The summed E-state index contributed by atoms with van der Waals surface area (Å²) < 4.78 is 37.8. The fourth-order valence-corrected chi connectivity index (χ4v) is 4.68. The first-order valence-corrected chi connectivity index (χ1v) is 12.9. The summed E-state index contributed by atoms with van der Waals surface area (Å²) in [7, 11) is -3.70. The zero-order valence-electron chi connectivity index (χ0n) is 21.0. The van der Waals surface area contributed by atoms with Gasteiger partial charge in [-0.3, -0.25) is 0 Å². The molecule has 0 radical (unpaired) electrons. The molecule has 7 heteroatoms. The lowest BCUT2D eigenvalue weighted by atomic mass is 9.82. The molecule has 0 aliphatic heterocycles. The van der Waals surface area contributed by atoms with Gasteiger partial charge in [-0.25, -0.2) is 13.2 Å². The largest absolute Gasteiger partial charge is 0.488 e. The van der Waals surface area contributed by atoms with E-state index in [1.54, 1.807) is 30.3 Å². The van der Waals surface area contributed by atoms with Crippen molar-refractivity contribution in [3.63, 3.8) is 0 Å². The first kappa shape index (κ1) is 26.3. The molecule has 3 aromatic rings. The Hall–Kier alpha value is -3.32. The van der Waals surface area contributed by atoms with E-state index in [1.807, 2.05) is 32.9 Å². The van der Waals surface area contributed by atoms with Crippen molar-refractivity contribution in [2.45, 2.75) is 68.8 Å². The number of hydrogen-bond donors (Lipinski definition) is 1. The van der Waals surface area contributed by atoms with Crippen LogP contribution < -0.4 is 9.47 Å². The maximum atomic E-state index is 13.1. The standard InChI is InChI=1S/C28H32O6S/c1-7-28(5,6)20-8-12-24(13-9-20)35(31,32)25-14-10-21(11-15-25)33-22-16-19(26(29)30)17-23(18-22)34-27(2,3)4/h8-18H,7H2,1-6H3,(H,29,30). The van der Waals surface area contributed by atoms with Gasteiger partial charge in [-0.05, 0) is 86.7 Å². The van der Waals surface area contributed by atoms with Crippen molar-refractivity contribution < 1.29 is 27.8 Å². The highest BCUT2D eigenvalue weighted by atomic mass is 32.2. The summed E-state index contributed by atoms with van der Waals surface area (Å²) in [5.41, 5.74) is 0.558. The van der Waals surface area contributed by atoms with Gasteiger partial charge in [0.25, 0.3) is 0 Å². The minimum atomic E-state index is -3.70. The van der Waals surface area contributed by atoms with Crippen LogP contribution in [0.1, 0.15) is 63.9 Å². The summed E-state index contributed by atoms with van der Waals surface area (Å²) in [6.07, 6.45) is 0.944. The Kier molecular flexibility index (Phi) is 7.31. The van der Waals surface area contributed by atoms with Crippen LogP contribution in [-0.2, 0) is 15.3 Å². The summed E-state index contributed by atoms with van der Waals surface area (Å²) in [4.78, 5) is 11.9. The first-order chi connectivity index (χ1) is 16.2. The first-order valence-electron chi connectivity index (χ1n) is 11.4. The molecule has 0 bridgehead atoms. The maximum Gasteiger partial charge on any atom is 0.335 e. The number of carboxylic acid groups (broad SMARTS) is 1. The molecule has 0 unspecified atom stereocenters. The predicted molar refractivity (Wildman–Crippen MR) is 136 cm³/mol. The van der Waals surface area contributed by atoms with Gasteiger partial charge in [0.2, 0.25) is 9.84 Å². The molecule has 3 aromatic carbocycles. The lowest BCUT2D eigenvalue weighted by Crippen LogP contribution is -2.23. The SMILES string of the molecule is CCC(C)(C)c1ccc(S(=O)(=O)c2ccc(Oc3cc(OC(C)(C)C)cc(C(=O)O)c3)cc2)cc1. The fraction of sp³-hybridized carbons (Fsp3) is 0.321. The number of hydrogen-bond acceptors (Lipinski definition) is 5. The van der Waals surface area contributed by atoms with Crippen LogP contribution in [0, 0.1) is 0 Å². The molecule has 0 fully saturated rings. The van der Waals surface area contributed by atoms with E-state index in [4.69, 9.17) is 9.47 Å². The van der Waals surface area contributed by atoms with Crippen molar-refractivity contribution in [1.82, 2.24) is 0 Å². The van der Waals surface area contributed by atoms with E-state index in [1.165, 1.54) is 24.3 Å². The smallest absolute Gasteiger partial charge is 0.335 e. The lowest BCUT2D eigenvalue weighted by Gasteiger charge is -2.23. The van der Waals surface area contributed by atoms with Gasteiger partial charge in [-0.1, -0.05) is 32.9 Å². The molecule has 0 aliphatic rings. The molecule has 35 heavy (non-hydrogen) atoms. The molecule has 0 amide bonds. The van der Waals surface area contributed by atoms with Crippen molar-refractivity contribution in [3.8, 4) is 17.2 Å². The monoisotopic (exact) mass is 496 g/mol. The summed E-state index contributed by atoms with van der Waals surface area (Å²) in [5, 5.41) is 9.43. The molecular weight excluding hydrogens is 464 g/mol. The van der Waals surface area contributed by atoms with Crippen molar-refractivity contribution in [3.05, 3.63) is 77.9 Å². The van der Waals surface area contributed by atoms with Crippen LogP contribution >= 0.6 is 0 Å². The second kappa shape index (κ2) is 9.74. The molecule has 0 aromatic heterocycles. The van der Waals surface area contributed by atoms with Crippen LogP contribution in [0.25, 0.3) is 0 Å². The van der Waals surface area contributed by atoms with Gasteiger partial charge in [0.15, 0.2) is 0 Å². The molecule has 0 saturated heterocycles. The molecule has 1 N–H and O–H groups in total. The van der Waals surface area contributed by atoms with Crippen molar-refractivity contribution in [2.24, 2.45) is 0 Å². The van der Waals surface area contributed by atoms with E-state index in [0.717, 1.165) is 12.0 Å². The highest BCUT2D eigenvalue weighted by molar-refractivity contribution is 7.91. The molecule has 3 rings (SSSR count). The third kappa shape index (κ3) is 6.42. The lowest BCUT2D eigenvalue weighted by molar-refractivity contribution is 0.0694. The summed E-state index contributed by atoms with van der Waals surface area (Å²) in [5.74, 6) is -0.104. The highest BCUT2D eigenvalue weighted by Crippen LogP contribution is 2.32. The van der Waals surface area contributed by atoms with Crippen LogP contribution in [0.5, 0.6) is 17.2 Å². The molecule has 186 valence electrons. The van der Waals surface area contributed by atoms with Gasteiger partial charge in [-0.15, -0.1) is 0 Å². The van der Waals surface area contributed by atoms with Gasteiger partial charge < -0.3 is 14.6 Å².